The van der Waals surface area contributed by atoms with Gasteiger partial charge in [0.25, 0.3) is 5.91 Å². The molecule has 4 heteroatoms. The lowest BCUT2D eigenvalue weighted by atomic mass is 9.85. The zero-order valence-corrected chi connectivity index (χ0v) is 12.0. The summed E-state index contributed by atoms with van der Waals surface area (Å²) in [6.45, 7) is 5.01. The van der Waals surface area contributed by atoms with Gasteiger partial charge >= 0.3 is 0 Å². The van der Waals surface area contributed by atoms with E-state index in [9.17, 15) is 4.79 Å². The van der Waals surface area contributed by atoms with Crippen molar-refractivity contribution in [2.24, 2.45) is 5.92 Å². The molecule has 1 aromatic rings. The number of amides is 1. The second-order valence-corrected chi connectivity index (χ2v) is 6.15. The fourth-order valence-electron chi connectivity index (χ4n) is 2.60. The highest BCUT2D eigenvalue weighted by Crippen LogP contribution is 2.38. The third-order valence-electron chi connectivity index (χ3n) is 3.73. The minimum atomic E-state index is 0.0156. The molecule has 3 nitrogen and oxygen atoms in total. The maximum Gasteiger partial charge on any atom is 0.254 e. The van der Waals surface area contributed by atoms with Gasteiger partial charge in [-0.15, -0.1) is 11.3 Å². The molecule has 0 aromatic carbocycles. The van der Waals surface area contributed by atoms with Crippen molar-refractivity contribution in [3.05, 3.63) is 16.0 Å². The van der Waals surface area contributed by atoms with Gasteiger partial charge in [-0.1, -0.05) is 20.3 Å². The Labute approximate surface area is 113 Å². The molecule has 0 fully saturated rings. The molecule has 1 unspecified atom stereocenters. The van der Waals surface area contributed by atoms with E-state index in [1.54, 1.807) is 11.3 Å². The van der Waals surface area contributed by atoms with Crippen LogP contribution in [0.15, 0.2) is 0 Å². The van der Waals surface area contributed by atoms with Gasteiger partial charge in [-0.25, -0.2) is 0 Å². The first-order chi connectivity index (χ1) is 8.67. The maximum absolute atomic E-state index is 12.1. The Balaban J connectivity index is 2.22. The van der Waals surface area contributed by atoms with E-state index < -0.39 is 0 Å². The molecule has 1 aliphatic rings. The van der Waals surface area contributed by atoms with Crippen molar-refractivity contribution >= 4 is 22.2 Å². The summed E-state index contributed by atoms with van der Waals surface area (Å²) in [7, 11) is 0. The van der Waals surface area contributed by atoms with Crippen LogP contribution in [0, 0.1) is 5.92 Å². The number of hydrogen-bond acceptors (Lipinski definition) is 3. The van der Waals surface area contributed by atoms with Crippen LogP contribution in [0.5, 0.6) is 0 Å². The highest BCUT2D eigenvalue weighted by molar-refractivity contribution is 7.16. The van der Waals surface area contributed by atoms with Crippen LogP contribution < -0.4 is 11.1 Å². The van der Waals surface area contributed by atoms with Gasteiger partial charge in [-0.2, -0.15) is 0 Å². The average molecular weight is 266 g/mol. The molecule has 1 amide bonds. The summed E-state index contributed by atoms with van der Waals surface area (Å²) < 4.78 is 0. The van der Waals surface area contributed by atoms with Gasteiger partial charge in [0.2, 0.25) is 0 Å². The number of carbonyl (C=O) groups is 1. The number of carbonyl (C=O) groups excluding carboxylic acids is 1. The van der Waals surface area contributed by atoms with Gasteiger partial charge in [-0.05, 0) is 37.2 Å². The normalized spacial score (nSPS) is 18.4. The number of thiophene rings is 1. The van der Waals surface area contributed by atoms with Gasteiger partial charge in [-0.3, -0.25) is 4.79 Å². The van der Waals surface area contributed by atoms with E-state index in [1.165, 1.54) is 23.3 Å². The molecule has 3 N–H and O–H groups in total. The number of nitrogens with one attached hydrogen (secondary N) is 1. The van der Waals surface area contributed by atoms with E-state index in [0.29, 0.717) is 5.00 Å². The Kier molecular flexibility index (Phi) is 4.27. The molecule has 1 heterocycles. The Morgan fingerprint density at radius 1 is 1.50 bits per heavy atom. The molecule has 1 atom stereocenters. The Hall–Kier alpha value is -1.03. The molecule has 1 aromatic heterocycles. The second kappa shape index (κ2) is 5.74. The zero-order chi connectivity index (χ0) is 13.1. The van der Waals surface area contributed by atoms with Crippen molar-refractivity contribution < 1.29 is 4.79 Å². The van der Waals surface area contributed by atoms with E-state index in [2.05, 4.69) is 19.2 Å². The number of rotatable bonds is 4. The van der Waals surface area contributed by atoms with Crippen LogP contribution >= 0.6 is 11.3 Å². The first-order valence-corrected chi connectivity index (χ1v) is 7.67. The van der Waals surface area contributed by atoms with Crippen molar-refractivity contribution in [1.29, 1.82) is 0 Å². The molecule has 0 bridgehead atoms. The molecule has 0 saturated heterocycles. The SMILES string of the molecule is CCCNC(=O)c1c(N)sc2c1CCC(CC)C2. The fourth-order valence-corrected chi connectivity index (χ4v) is 3.83. The van der Waals surface area contributed by atoms with Crippen molar-refractivity contribution in [2.45, 2.75) is 46.0 Å². The summed E-state index contributed by atoms with van der Waals surface area (Å²) in [4.78, 5) is 13.5. The number of fused-ring (bicyclic) bond motifs is 1. The molecule has 1 aliphatic carbocycles. The molecule has 0 radical (unpaired) electrons. The summed E-state index contributed by atoms with van der Waals surface area (Å²) in [5, 5.41) is 3.64. The van der Waals surface area contributed by atoms with E-state index >= 15 is 0 Å². The predicted molar refractivity (Wildman–Crippen MR) is 77.2 cm³/mol. The van der Waals surface area contributed by atoms with Crippen LogP contribution in [-0.4, -0.2) is 12.5 Å². The minimum absolute atomic E-state index is 0.0156. The monoisotopic (exact) mass is 266 g/mol. The molecular weight excluding hydrogens is 244 g/mol. The van der Waals surface area contributed by atoms with E-state index in [4.69, 9.17) is 5.73 Å². The van der Waals surface area contributed by atoms with Crippen molar-refractivity contribution in [3.63, 3.8) is 0 Å². The first-order valence-electron chi connectivity index (χ1n) is 6.85. The average Bonchev–Trinajstić information content (AvgIpc) is 2.70. The molecule has 0 aliphatic heterocycles. The van der Waals surface area contributed by atoms with Crippen molar-refractivity contribution in [1.82, 2.24) is 5.32 Å². The van der Waals surface area contributed by atoms with Crippen molar-refractivity contribution in [3.8, 4) is 0 Å². The largest absolute Gasteiger partial charge is 0.390 e. The minimum Gasteiger partial charge on any atom is -0.390 e. The topological polar surface area (TPSA) is 55.1 Å². The lowest BCUT2D eigenvalue weighted by Crippen LogP contribution is -2.26. The van der Waals surface area contributed by atoms with Gasteiger partial charge in [0, 0.05) is 11.4 Å². The fraction of sp³-hybridized carbons (Fsp3) is 0.643. The Morgan fingerprint density at radius 2 is 2.28 bits per heavy atom. The highest BCUT2D eigenvalue weighted by Gasteiger charge is 2.26. The van der Waals surface area contributed by atoms with Gasteiger partial charge in [0.05, 0.1) is 10.6 Å². The van der Waals surface area contributed by atoms with Crippen LogP contribution in [0.3, 0.4) is 0 Å². The Morgan fingerprint density at radius 3 is 2.94 bits per heavy atom. The third kappa shape index (κ3) is 2.53. The van der Waals surface area contributed by atoms with Crippen LogP contribution in [0.4, 0.5) is 5.00 Å². The maximum atomic E-state index is 12.1. The van der Waals surface area contributed by atoms with Crippen LogP contribution in [0.2, 0.25) is 0 Å². The van der Waals surface area contributed by atoms with Crippen molar-refractivity contribution in [2.75, 3.05) is 12.3 Å². The third-order valence-corrected chi connectivity index (χ3v) is 4.82. The Bertz CT molecular complexity index is 439. The smallest absolute Gasteiger partial charge is 0.254 e. The van der Waals surface area contributed by atoms with Gasteiger partial charge in [0.1, 0.15) is 0 Å². The molecule has 0 spiro atoms. The van der Waals surface area contributed by atoms with E-state index in [0.717, 1.165) is 37.3 Å². The second-order valence-electron chi connectivity index (χ2n) is 5.02. The first kappa shape index (κ1) is 13.4. The van der Waals surface area contributed by atoms with Crippen LogP contribution in [-0.2, 0) is 12.8 Å². The number of hydrogen-bond donors (Lipinski definition) is 2. The van der Waals surface area contributed by atoms with Gasteiger partial charge < -0.3 is 11.1 Å². The molecule has 2 rings (SSSR count). The summed E-state index contributed by atoms with van der Waals surface area (Å²) in [6.07, 6.45) is 5.47. The molecule has 18 heavy (non-hydrogen) atoms. The van der Waals surface area contributed by atoms with Crippen LogP contribution in [0.25, 0.3) is 0 Å². The standard InChI is InChI=1S/C14H22N2OS/c1-3-7-16-14(17)12-10-6-5-9(4-2)8-11(10)18-13(12)15/h9H,3-8,15H2,1-2H3,(H,16,17). The summed E-state index contributed by atoms with van der Waals surface area (Å²) in [6, 6.07) is 0. The zero-order valence-electron chi connectivity index (χ0n) is 11.2. The van der Waals surface area contributed by atoms with Crippen LogP contribution in [0.1, 0.15) is 53.9 Å². The van der Waals surface area contributed by atoms with Gasteiger partial charge in [0.15, 0.2) is 0 Å². The number of nitrogen functional groups attached to an aromatic ring is 1. The lowest BCUT2D eigenvalue weighted by Gasteiger charge is -2.21. The van der Waals surface area contributed by atoms with E-state index in [-0.39, 0.29) is 5.91 Å². The summed E-state index contributed by atoms with van der Waals surface area (Å²) >= 11 is 1.61. The number of anilines is 1. The number of nitrogens with two attached hydrogens (primary N) is 1. The quantitative estimate of drug-likeness (QED) is 0.880. The molecular formula is C14H22N2OS. The lowest BCUT2D eigenvalue weighted by molar-refractivity contribution is 0.0953. The molecule has 100 valence electrons. The van der Waals surface area contributed by atoms with E-state index in [1.807, 2.05) is 0 Å². The predicted octanol–water partition coefficient (Wildman–Crippen LogP) is 2.99. The molecule has 0 saturated carbocycles. The summed E-state index contributed by atoms with van der Waals surface area (Å²) in [5.41, 5.74) is 8.02. The highest BCUT2D eigenvalue weighted by atomic mass is 32.1. The summed E-state index contributed by atoms with van der Waals surface area (Å²) in [5.74, 6) is 0.781.